The number of aldehydes is 1. The minimum absolute atomic E-state index is 0.497. The highest BCUT2D eigenvalue weighted by Crippen LogP contribution is 2.27. The first kappa shape index (κ1) is 11.6. The fourth-order valence-electron chi connectivity index (χ4n) is 1.64. The first-order valence-corrected chi connectivity index (χ1v) is 4.64. The monoisotopic (exact) mass is 204 g/mol. The van der Waals surface area contributed by atoms with Gasteiger partial charge in [0.05, 0.1) is 12.2 Å². The first-order valence-electron chi connectivity index (χ1n) is 4.64. The molecule has 5 heteroatoms. The van der Waals surface area contributed by atoms with E-state index in [0.717, 1.165) is 0 Å². The molecule has 5 nitrogen and oxygen atoms in total. The number of aliphatic hydroxyl groups excluding tert-OH is 3. The van der Waals surface area contributed by atoms with E-state index in [0.29, 0.717) is 6.29 Å². The van der Waals surface area contributed by atoms with Crippen LogP contribution in [0.1, 0.15) is 13.8 Å². The van der Waals surface area contributed by atoms with Crippen LogP contribution in [0.2, 0.25) is 0 Å². The van der Waals surface area contributed by atoms with E-state index >= 15 is 0 Å². The molecule has 0 spiro atoms. The van der Waals surface area contributed by atoms with Crippen LogP contribution >= 0.6 is 0 Å². The maximum Gasteiger partial charge on any atom is 0.125 e. The second kappa shape index (κ2) is 4.35. The highest BCUT2D eigenvalue weighted by atomic mass is 16.6. The maximum absolute atomic E-state index is 10.5. The molecule has 0 aromatic carbocycles. The zero-order chi connectivity index (χ0) is 10.9. The average Bonchev–Trinajstić information content (AvgIpc) is 2.43. The van der Waals surface area contributed by atoms with Crippen molar-refractivity contribution in [2.24, 2.45) is 5.92 Å². The quantitative estimate of drug-likeness (QED) is 0.497. The van der Waals surface area contributed by atoms with Crippen LogP contribution < -0.4 is 0 Å². The van der Waals surface area contributed by atoms with Gasteiger partial charge >= 0.3 is 0 Å². The van der Waals surface area contributed by atoms with E-state index < -0.39 is 36.4 Å². The fraction of sp³-hybridized carbons (Fsp3) is 0.889. The maximum atomic E-state index is 10.5. The smallest absolute Gasteiger partial charge is 0.125 e. The molecule has 1 heterocycles. The number of carbonyl (C=O) groups is 1. The zero-order valence-electron chi connectivity index (χ0n) is 8.20. The lowest BCUT2D eigenvalue weighted by molar-refractivity contribution is -0.119. The summed E-state index contributed by atoms with van der Waals surface area (Å²) in [5.41, 5.74) is 0. The van der Waals surface area contributed by atoms with E-state index in [9.17, 15) is 20.1 Å². The summed E-state index contributed by atoms with van der Waals surface area (Å²) in [4.78, 5) is 10.5. The summed E-state index contributed by atoms with van der Waals surface area (Å²) in [6, 6.07) is 0. The van der Waals surface area contributed by atoms with Gasteiger partial charge in [-0.05, 0) is 6.92 Å². The highest BCUT2D eigenvalue weighted by Gasteiger charge is 2.46. The molecule has 6 atom stereocenters. The summed E-state index contributed by atoms with van der Waals surface area (Å²) in [6.45, 7) is 3.06. The lowest BCUT2D eigenvalue weighted by Crippen LogP contribution is -2.38. The van der Waals surface area contributed by atoms with Crippen LogP contribution in [0.3, 0.4) is 0 Å². The number of hydrogen-bond acceptors (Lipinski definition) is 5. The van der Waals surface area contributed by atoms with Crippen molar-refractivity contribution in [3.63, 3.8) is 0 Å². The zero-order valence-corrected chi connectivity index (χ0v) is 8.20. The summed E-state index contributed by atoms with van der Waals surface area (Å²) in [5, 5.41) is 28.3. The van der Waals surface area contributed by atoms with Crippen LogP contribution in [0.4, 0.5) is 0 Å². The minimum atomic E-state index is -1.14. The third kappa shape index (κ3) is 1.95. The van der Waals surface area contributed by atoms with Crippen molar-refractivity contribution >= 4 is 6.29 Å². The molecule has 3 N–H and O–H groups in total. The van der Waals surface area contributed by atoms with Crippen LogP contribution in [0, 0.1) is 5.92 Å². The normalized spacial score (nSPS) is 42.1. The van der Waals surface area contributed by atoms with Gasteiger partial charge < -0.3 is 24.9 Å². The van der Waals surface area contributed by atoms with Crippen LogP contribution in [0.15, 0.2) is 0 Å². The Morgan fingerprint density at radius 3 is 2.07 bits per heavy atom. The van der Waals surface area contributed by atoms with E-state index in [1.165, 1.54) is 6.92 Å². The molecule has 0 amide bonds. The van der Waals surface area contributed by atoms with Crippen LogP contribution in [0.5, 0.6) is 0 Å². The lowest BCUT2D eigenvalue weighted by Gasteiger charge is -2.17. The number of ether oxygens (including phenoxy) is 1. The topological polar surface area (TPSA) is 87.0 Å². The third-order valence-electron chi connectivity index (χ3n) is 2.55. The Morgan fingerprint density at radius 2 is 1.71 bits per heavy atom. The molecular formula is C9H16O5. The van der Waals surface area contributed by atoms with Crippen LogP contribution in [0.25, 0.3) is 0 Å². The Balaban J connectivity index is 2.71. The molecule has 82 valence electrons. The number of hydrogen-bond donors (Lipinski definition) is 3. The summed E-state index contributed by atoms with van der Waals surface area (Å²) in [7, 11) is 0. The molecule has 0 aromatic heterocycles. The SMILES string of the molecule is CC(C=O)C1O[C@H](C(C)O)[C@@H](O)[C@H]1O. The van der Waals surface area contributed by atoms with Gasteiger partial charge in [0.15, 0.2) is 0 Å². The molecule has 14 heavy (non-hydrogen) atoms. The second-order valence-corrected chi connectivity index (χ2v) is 3.78. The van der Waals surface area contributed by atoms with E-state index in [1.807, 2.05) is 0 Å². The van der Waals surface area contributed by atoms with Crippen molar-refractivity contribution < 1.29 is 24.9 Å². The minimum Gasteiger partial charge on any atom is -0.391 e. The van der Waals surface area contributed by atoms with Gasteiger partial charge in [-0.25, -0.2) is 0 Å². The predicted molar refractivity (Wildman–Crippen MR) is 47.6 cm³/mol. The molecule has 1 rings (SSSR count). The van der Waals surface area contributed by atoms with Gasteiger partial charge in [-0.2, -0.15) is 0 Å². The van der Waals surface area contributed by atoms with Crippen molar-refractivity contribution in [1.82, 2.24) is 0 Å². The van der Waals surface area contributed by atoms with Gasteiger partial charge in [-0.3, -0.25) is 0 Å². The van der Waals surface area contributed by atoms with Gasteiger partial charge in [0, 0.05) is 5.92 Å². The molecule has 3 unspecified atom stereocenters. The van der Waals surface area contributed by atoms with Gasteiger partial charge in [0.2, 0.25) is 0 Å². The predicted octanol–water partition coefficient (Wildman–Crippen LogP) is -1.31. The summed E-state index contributed by atoms with van der Waals surface area (Å²) >= 11 is 0. The van der Waals surface area contributed by atoms with E-state index in [1.54, 1.807) is 6.92 Å². The molecule has 0 radical (unpaired) electrons. The van der Waals surface area contributed by atoms with E-state index in [2.05, 4.69) is 0 Å². The molecule has 1 saturated heterocycles. The molecule has 0 aliphatic carbocycles. The highest BCUT2D eigenvalue weighted by molar-refractivity contribution is 5.54. The Bertz CT molecular complexity index is 205. The van der Waals surface area contributed by atoms with E-state index in [-0.39, 0.29) is 0 Å². The van der Waals surface area contributed by atoms with Gasteiger partial charge in [0.25, 0.3) is 0 Å². The number of carbonyl (C=O) groups excluding carboxylic acids is 1. The van der Waals surface area contributed by atoms with Gasteiger partial charge in [-0.1, -0.05) is 6.92 Å². The standard InChI is InChI=1S/C9H16O5/c1-4(3-10)8-6(12)7(13)9(14-8)5(2)11/h3-9,11-13H,1-2H3/t4?,5?,6-,7+,8?,9-/m1/s1. The largest absolute Gasteiger partial charge is 0.391 e. The van der Waals surface area contributed by atoms with Gasteiger partial charge in [0.1, 0.15) is 24.6 Å². The molecule has 0 saturated carbocycles. The van der Waals surface area contributed by atoms with E-state index in [4.69, 9.17) is 4.74 Å². The number of rotatable bonds is 3. The van der Waals surface area contributed by atoms with Crippen LogP contribution in [-0.2, 0) is 9.53 Å². The molecular weight excluding hydrogens is 188 g/mol. The van der Waals surface area contributed by atoms with Crippen molar-refractivity contribution in [2.75, 3.05) is 0 Å². The molecule has 0 bridgehead atoms. The first-order chi connectivity index (χ1) is 6.49. The summed E-state index contributed by atoms with van der Waals surface area (Å²) < 4.78 is 5.22. The molecule has 0 aromatic rings. The number of aliphatic hydroxyl groups is 3. The molecule has 1 fully saturated rings. The Kier molecular flexibility index (Phi) is 3.60. The summed E-state index contributed by atoms with van der Waals surface area (Å²) in [5.74, 6) is -0.497. The van der Waals surface area contributed by atoms with Crippen molar-refractivity contribution in [2.45, 2.75) is 44.4 Å². The second-order valence-electron chi connectivity index (χ2n) is 3.78. The fourth-order valence-corrected chi connectivity index (χ4v) is 1.64. The van der Waals surface area contributed by atoms with Crippen molar-refractivity contribution in [3.8, 4) is 0 Å². The van der Waals surface area contributed by atoms with Crippen LogP contribution in [-0.4, -0.2) is 52.1 Å². The Labute approximate surface area is 82.3 Å². The third-order valence-corrected chi connectivity index (χ3v) is 2.55. The Morgan fingerprint density at radius 1 is 1.21 bits per heavy atom. The lowest BCUT2D eigenvalue weighted by atomic mass is 9.98. The molecule has 1 aliphatic rings. The van der Waals surface area contributed by atoms with Crippen molar-refractivity contribution in [3.05, 3.63) is 0 Å². The van der Waals surface area contributed by atoms with Crippen molar-refractivity contribution in [1.29, 1.82) is 0 Å². The summed E-state index contributed by atoms with van der Waals surface area (Å²) in [6.07, 6.45) is -4.02. The molecule has 1 aliphatic heterocycles. The average molecular weight is 204 g/mol. The van der Waals surface area contributed by atoms with Gasteiger partial charge in [-0.15, -0.1) is 0 Å². The Hall–Kier alpha value is -0.490.